The molecule has 4 nitrogen and oxygen atoms in total. The molecule has 0 N–H and O–H groups in total. The van der Waals surface area contributed by atoms with Gasteiger partial charge in [-0.15, -0.1) is 0 Å². The Hall–Kier alpha value is -1.55. The summed E-state index contributed by atoms with van der Waals surface area (Å²) in [5.74, 6) is 2.04. The molecule has 0 saturated carbocycles. The first-order valence-electron chi connectivity index (χ1n) is 5.88. The third kappa shape index (κ3) is 1.89. The molecule has 2 aromatic heterocycles. The fraction of sp³-hybridized carbons (Fsp3) is 0.462. The average Bonchev–Trinajstić information content (AvgIpc) is 2.83. The van der Waals surface area contributed by atoms with Crippen LogP contribution in [-0.2, 0) is 4.74 Å². The van der Waals surface area contributed by atoms with Gasteiger partial charge in [0.2, 0.25) is 0 Å². The Labute approximate surface area is 99.5 Å². The highest BCUT2D eigenvalue weighted by Gasteiger charge is 2.20. The fourth-order valence-corrected chi connectivity index (χ4v) is 2.29. The molecule has 0 aromatic carbocycles. The van der Waals surface area contributed by atoms with Gasteiger partial charge in [-0.25, -0.2) is 4.98 Å². The number of furan rings is 1. The topological polar surface area (TPSA) is 44.5 Å². The molecule has 2 aromatic rings. The highest BCUT2D eigenvalue weighted by Crippen LogP contribution is 2.34. The lowest BCUT2D eigenvalue weighted by Gasteiger charge is -2.19. The molecule has 90 valence electrons. The number of pyridine rings is 1. The van der Waals surface area contributed by atoms with Crippen LogP contribution in [0.2, 0.25) is 0 Å². The third-order valence-corrected chi connectivity index (χ3v) is 3.24. The minimum absolute atomic E-state index is 0.459. The van der Waals surface area contributed by atoms with Gasteiger partial charge in [0.25, 0.3) is 5.88 Å². The van der Waals surface area contributed by atoms with Crippen molar-refractivity contribution in [3.8, 4) is 5.88 Å². The van der Waals surface area contributed by atoms with Gasteiger partial charge in [0, 0.05) is 30.7 Å². The molecule has 0 atom stereocenters. The van der Waals surface area contributed by atoms with E-state index in [4.69, 9.17) is 13.9 Å². The smallest absolute Gasteiger partial charge is 0.258 e. The van der Waals surface area contributed by atoms with E-state index in [1.165, 1.54) is 0 Å². The second-order valence-electron chi connectivity index (χ2n) is 4.27. The molecule has 0 bridgehead atoms. The molecular formula is C13H15NO3. The lowest BCUT2D eigenvalue weighted by molar-refractivity contribution is 0.0810. The van der Waals surface area contributed by atoms with Crippen molar-refractivity contribution in [2.24, 2.45) is 0 Å². The second-order valence-corrected chi connectivity index (χ2v) is 4.27. The van der Waals surface area contributed by atoms with E-state index in [1.807, 2.05) is 6.07 Å². The fourth-order valence-electron chi connectivity index (χ4n) is 2.29. The van der Waals surface area contributed by atoms with E-state index in [0.29, 0.717) is 11.8 Å². The summed E-state index contributed by atoms with van der Waals surface area (Å²) in [5.41, 5.74) is 0.747. The number of methoxy groups -OCH3 is 1. The molecule has 0 amide bonds. The molecule has 0 spiro atoms. The average molecular weight is 233 g/mol. The molecule has 1 aliphatic heterocycles. The number of hydrogen-bond donors (Lipinski definition) is 0. The van der Waals surface area contributed by atoms with Crippen LogP contribution in [0.4, 0.5) is 0 Å². The van der Waals surface area contributed by atoms with Gasteiger partial charge in [-0.1, -0.05) is 0 Å². The molecule has 1 aliphatic rings. The number of rotatable bonds is 2. The van der Waals surface area contributed by atoms with E-state index in [2.05, 4.69) is 11.1 Å². The molecule has 1 saturated heterocycles. The number of ether oxygens (including phenoxy) is 2. The maximum atomic E-state index is 5.89. The summed E-state index contributed by atoms with van der Waals surface area (Å²) in [5, 5.41) is 1.05. The minimum Gasteiger partial charge on any atom is -0.478 e. The van der Waals surface area contributed by atoms with Gasteiger partial charge < -0.3 is 13.9 Å². The van der Waals surface area contributed by atoms with Crippen molar-refractivity contribution in [1.82, 2.24) is 4.98 Å². The predicted octanol–water partition coefficient (Wildman–Crippen LogP) is 2.73. The van der Waals surface area contributed by atoms with Crippen LogP contribution in [0.1, 0.15) is 24.5 Å². The van der Waals surface area contributed by atoms with E-state index in [1.54, 1.807) is 13.3 Å². The molecule has 3 rings (SSSR count). The van der Waals surface area contributed by atoms with Crippen LogP contribution in [0.25, 0.3) is 11.0 Å². The molecule has 1 fully saturated rings. The Morgan fingerprint density at radius 1 is 1.35 bits per heavy atom. The Kier molecular flexibility index (Phi) is 2.73. The number of fused-ring (bicyclic) bond motifs is 1. The largest absolute Gasteiger partial charge is 0.478 e. The Balaban J connectivity index is 2.00. The van der Waals surface area contributed by atoms with Crippen molar-refractivity contribution in [1.29, 1.82) is 0 Å². The quantitative estimate of drug-likeness (QED) is 0.800. The van der Waals surface area contributed by atoms with Gasteiger partial charge in [0.1, 0.15) is 5.76 Å². The minimum atomic E-state index is 0.459. The van der Waals surface area contributed by atoms with E-state index < -0.39 is 0 Å². The monoisotopic (exact) mass is 233 g/mol. The van der Waals surface area contributed by atoms with Gasteiger partial charge in [-0.2, -0.15) is 0 Å². The summed E-state index contributed by atoms with van der Waals surface area (Å²) in [4.78, 5) is 4.14. The summed E-state index contributed by atoms with van der Waals surface area (Å²) in [6, 6.07) is 4.04. The Morgan fingerprint density at radius 2 is 2.18 bits per heavy atom. The van der Waals surface area contributed by atoms with Gasteiger partial charge in [-0.05, 0) is 25.0 Å². The van der Waals surface area contributed by atoms with E-state index in [9.17, 15) is 0 Å². The Bertz CT molecular complexity index is 514. The van der Waals surface area contributed by atoms with E-state index in [-0.39, 0.29) is 0 Å². The van der Waals surface area contributed by atoms with E-state index >= 15 is 0 Å². The zero-order chi connectivity index (χ0) is 11.7. The van der Waals surface area contributed by atoms with Gasteiger partial charge in [0.05, 0.1) is 7.11 Å². The molecule has 0 unspecified atom stereocenters. The van der Waals surface area contributed by atoms with Crippen molar-refractivity contribution >= 4 is 11.0 Å². The van der Waals surface area contributed by atoms with Crippen LogP contribution in [0.15, 0.2) is 22.7 Å². The summed E-state index contributed by atoms with van der Waals surface area (Å²) < 4.78 is 16.4. The highest BCUT2D eigenvalue weighted by molar-refractivity contribution is 5.82. The summed E-state index contributed by atoms with van der Waals surface area (Å²) in [7, 11) is 1.61. The lowest BCUT2D eigenvalue weighted by Crippen LogP contribution is -2.13. The maximum absolute atomic E-state index is 5.89. The van der Waals surface area contributed by atoms with Crippen LogP contribution in [-0.4, -0.2) is 25.3 Å². The SMILES string of the molecule is COc1nccc2cc(C3CCOCC3)oc12. The highest BCUT2D eigenvalue weighted by atomic mass is 16.5. The number of aromatic nitrogens is 1. The number of hydrogen-bond acceptors (Lipinski definition) is 4. The maximum Gasteiger partial charge on any atom is 0.258 e. The van der Waals surface area contributed by atoms with Crippen LogP contribution in [0.5, 0.6) is 5.88 Å². The second kappa shape index (κ2) is 4.37. The van der Waals surface area contributed by atoms with Gasteiger partial charge in [0.15, 0.2) is 5.58 Å². The first-order valence-corrected chi connectivity index (χ1v) is 5.88. The van der Waals surface area contributed by atoms with Crippen molar-refractivity contribution in [2.75, 3.05) is 20.3 Å². The zero-order valence-corrected chi connectivity index (χ0v) is 9.81. The summed E-state index contributed by atoms with van der Waals surface area (Å²) >= 11 is 0. The third-order valence-electron chi connectivity index (χ3n) is 3.24. The van der Waals surface area contributed by atoms with Crippen molar-refractivity contribution in [2.45, 2.75) is 18.8 Å². The van der Waals surface area contributed by atoms with Crippen LogP contribution in [0.3, 0.4) is 0 Å². The first kappa shape index (κ1) is 10.6. The van der Waals surface area contributed by atoms with Crippen molar-refractivity contribution in [3.05, 3.63) is 24.1 Å². The van der Waals surface area contributed by atoms with Gasteiger partial charge >= 0.3 is 0 Å². The van der Waals surface area contributed by atoms with Gasteiger partial charge in [-0.3, -0.25) is 0 Å². The standard InChI is InChI=1S/C13H15NO3/c1-15-13-12-10(2-5-14-13)8-11(17-12)9-3-6-16-7-4-9/h2,5,8-9H,3-4,6-7H2,1H3. The predicted molar refractivity (Wildman–Crippen MR) is 63.4 cm³/mol. The number of nitrogens with zero attached hydrogens (tertiary/aromatic N) is 1. The molecule has 4 heteroatoms. The van der Waals surface area contributed by atoms with Crippen molar-refractivity contribution in [3.63, 3.8) is 0 Å². The van der Waals surface area contributed by atoms with Crippen LogP contribution in [0, 0.1) is 0 Å². The van der Waals surface area contributed by atoms with Crippen molar-refractivity contribution < 1.29 is 13.9 Å². The molecular weight excluding hydrogens is 218 g/mol. The first-order chi connectivity index (χ1) is 8.38. The van der Waals surface area contributed by atoms with E-state index in [0.717, 1.165) is 42.8 Å². The normalized spacial score (nSPS) is 17.5. The van der Waals surface area contributed by atoms with Crippen LogP contribution >= 0.6 is 0 Å². The molecule has 0 radical (unpaired) electrons. The van der Waals surface area contributed by atoms with Crippen LogP contribution < -0.4 is 4.74 Å². The zero-order valence-electron chi connectivity index (χ0n) is 9.81. The molecule has 3 heterocycles. The Morgan fingerprint density at radius 3 is 2.94 bits per heavy atom. The lowest BCUT2D eigenvalue weighted by atomic mass is 9.97. The summed E-state index contributed by atoms with van der Waals surface area (Å²) in [6.07, 6.45) is 3.79. The molecule has 0 aliphatic carbocycles. The summed E-state index contributed by atoms with van der Waals surface area (Å²) in [6.45, 7) is 1.63. The molecule has 17 heavy (non-hydrogen) atoms.